The molecule has 1 amide bonds. The Morgan fingerprint density at radius 3 is 2.34 bits per heavy atom. The van der Waals surface area contributed by atoms with Crippen molar-refractivity contribution in [2.75, 3.05) is 23.3 Å². The summed E-state index contributed by atoms with van der Waals surface area (Å²) in [5.74, 6) is 0.139. The fourth-order valence-electron chi connectivity index (χ4n) is 2.70. The maximum Gasteiger partial charge on any atom is 0.264 e. The zero-order valence-corrected chi connectivity index (χ0v) is 17.2. The highest BCUT2D eigenvalue weighted by molar-refractivity contribution is 7.92. The van der Waals surface area contributed by atoms with E-state index >= 15 is 0 Å². The summed E-state index contributed by atoms with van der Waals surface area (Å²) >= 11 is 0. The first kappa shape index (κ1) is 20.4. The van der Waals surface area contributed by atoms with Crippen LogP contribution >= 0.6 is 0 Å². The molecule has 0 saturated heterocycles. The minimum atomic E-state index is -3.65. The van der Waals surface area contributed by atoms with Gasteiger partial charge in [-0.05, 0) is 50.2 Å². The molecule has 152 valence electrons. The molecule has 29 heavy (non-hydrogen) atoms. The van der Waals surface area contributed by atoms with Gasteiger partial charge in [-0.15, -0.1) is 0 Å². The Hall–Kier alpha value is -3.33. The third-order valence-corrected chi connectivity index (χ3v) is 6.16. The summed E-state index contributed by atoms with van der Waals surface area (Å²) in [6.45, 7) is 3.43. The highest BCUT2D eigenvalue weighted by atomic mass is 32.2. The van der Waals surface area contributed by atoms with E-state index < -0.39 is 10.0 Å². The van der Waals surface area contributed by atoms with E-state index in [2.05, 4.69) is 15.5 Å². The van der Waals surface area contributed by atoms with Gasteiger partial charge in [-0.25, -0.2) is 8.42 Å². The molecule has 0 spiro atoms. The molecule has 0 bridgehead atoms. The minimum absolute atomic E-state index is 0.179. The van der Waals surface area contributed by atoms with Gasteiger partial charge in [-0.3, -0.25) is 14.2 Å². The number of carbonyl (C=O) groups excluding carboxylic acids is 1. The van der Waals surface area contributed by atoms with E-state index in [0.717, 1.165) is 5.69 Å². The van der Waals surface area contributed by atoms with Gasteiger partial charge in [-0.2, -0.15) is 5.10 Å². The largest absolute Gasteiger partial charge is 0.484 e. The van der Waals surface area contributed by atoms with E-state index in [1.807, 2.05) is 6.92 Å². The van der Waals surface area contributed by atoms with E-state index in [9.17, 15) is 13.2 Å². The monoisotopic (exact) mass is 414 g/mol. The van der Waals surface area contributed by atoms with Crippen LogP contribution in [0.3, 0.4) is 0 Å². The van der Waals surface area contributed by atoms with E-state index in [0.29, 0.717) is 22.8 Å². The van der Waals surface area contributed by atoms with Crippen molar-refractivity contribution in [1.29, 1.82) is 0 Å². The smallest absolute Gasteiger partial charge is 0.264 e. The van der Waals surface area contributed by atoms with E-state index in [1.54, 1.807) is 61.5 Å². The first-order valence-corrected chi connectivity index (χ1v) is 10.3. The fourth-order valence-corrected chi connectivity index (χ4v) is 3.92. The molecule has 0 saturated carbocycles. The lowest BCUT2D eigenvalue weighted by Gasteiger charge is -2.19. The first-order chi connectivity index (χ1) is 13.8. The number of aromatic nitrogens is 2. The normalized spacial score (nSPS) is 11.1. The van der Waals surface area contributed by atoms with Crippen LogP contribution in [0.25, 0.3) is 0 Å². The van der Waals surface area contributed by atoms with Crippen molar-refractivity contribution in [1.82, 2.24) is 10.2 Å². The van der Waals surface area contributed by atoms with Gasteiger partial charge < -0.3 is 10.1 Å². The molecule has 0 radical (unpaired) electrons. The van der Waals surface area contributed by atoms with E-state index in [4.69, 9.17) is 4.74 Å². The lowest BCUT2D eigenvalue weighted by Crippen LogP contribution is -2.26. The summed E-state index contributed by atoms with van der Waals surface area (Å²) in [5, 5.41) is 9.57. The van der Waals surface area contributed by atoms with Crippen LogP contribution in [0.15, 0.2) is 59.5 Å². The average Bonchev–Trinajstić information content (AvgIpc) is 3.04. The molecule has 0 aliphatic rings. The fraction of sp³-hybridized carbons (Fsp3) is 0.200. The number of aryl methyl sites for hydroxylation is 2. The van der Waals surface area contributed by atoms with Crippen LogP contribution in [-0.4, -0.2) is 38.2 Å². The van der Waals surface area contributed by atoms with Crippen molar-refractivity contribution < 1.29 is 17.9 Å². The summed E-state index contributed by atoms with van der Waals surface area (Å²) in [5.41, 5.74) is 2.59. The average molecular weight is 414 g/mol. The van der Waals surface area contributed by atoms with Gasteiger partial charge in [0, 0.05) is 7.05 Å². The Morgan fingerprint density at radius 1 is 1.10 bits per heavy atom. The Morgan fingerprint density at radius 2 is 1.76 bits per heavy atom. The summed E-state index contributed by atoms with van der Waals surface area (Å²) in [4.78, 5) is 12.3. The van der Waals surface area contributed by atoms with Crippen LogP contribution < -0.4 is 14.4 Å². The van der Waals surface area contributed by atoms with Crippen LogP contribution in [-0.2, 0) is 14.8 Å². The number of aromatic amines is 1. The highest BCUT2D eigenvalue weighted by Crippen LogP contribution is 2.24. The summed E-state index contributed by atoms with van der Waals surface area (Å²) in [6, 6.07) is 14.7. The molecule has 0 unspecified atom stereocenters. The molecule has 3 aromatic rings. The maximum absolute atomic E-state index is 12.7. The summed E-state index contributed by atoms with van der Waals surface area (Å²) in [7, 11) is -2.16. The standard InChI is InChI=1S/C20H22N4O4S/c1-14-20(15(2)23-22-14)21-19(25)13-28-17-11-9-16(10-12-17)24(3)29(26,27)18-7-5-4-6-8-18/h4-12H,13H2,1-3H3,(H,21,25)(H,22,23). The third kappa shape index (κ3) is 4.57. The van der Waals surface area contributed by atoms with Gasteiger partial charge >= 0.3 is 0 Å². The van der Waals surface area contributed by atoms with Gasteiger partial charge in [0.2, 0.25) is 0 Å². The van der Waals surface area contributed by atoms with Crippen molar-refractivity contribution in [2.45, 2.75) is 18.7 Å². The summed E-state index contributed by atoms with van der Waals surface area (Å²) in [6.07, 6.45) is 0. The number of nitrogens with zero attached hydrogens (tertiary/aromatic N) is 2. The Balaban J connectivity index is 1.62. The zero-order chi connectivity index (χ0) is 21.0. The molecular formula is C20H22N4O4S. The second-order valence-corrected chi connectivity index (χ2v) is 8.39. The van der Waals surface area contributed by atoms with Crippen LogP contribution in [0.4, 0.5) is 11.4 Å². The number of rotatable bonds is 7. The minimum Gasteiger partial charge on any atom is -0.484 e. The number of benzene rings is 2. The number of ether oxygens (including phenoxy) is 1. The number of hydrogen-bond donors (Lipinski definition) is 2. The summed E-state index contributed by atoms with van der Waals surface area (Å²) < 4.78 is 32.0. The molecule has 0 aliphatic heterocycles. The van der Waals surface area contributed by atoms with Gasteiger partial charge in [-0.1, -0.05) is 18.2 Å². The van der Waals surface area contributed by atoms with Crippen LogP contribution in [0.2, 0.25) is 0 Å². The van der Waals surface area contributed by atoms with E-state index in [1.165, 1.54) is 11.4 Å². The zero-order valence-electron chi connectivity index (χ0n) is 16.3. The van der Waals surface area contributed by atoms with Crippen molar-refractivity contribution in [2.24, 2.45) is 0 Å². The van der Waals surface area contributed by atoms with Crippen molar-refractivity contribution in [3.05, 3.63) is 66.0 Å². The molecule has 0 fully saturated rings. The Kier molecular flexibility index (Phi) is 5.88. The molecule has 1 heterocycles. The molecule has 3 rings (SSSR count). The number of amides is 1. The second kappa shape index (κ2) is 8.36. The lowest BCUT2D eigenvalue weighted by molar-refractivity contribution is -0.118. The van der Waals surface area contributed by atoms with Crippen LogP contribution in [0.1, 0.15) is 11.4 Å². The Labute approximate surface area is 169 Å². The van der Waals surface area contributed by atoms with Crippen LogP contribution in [0, 0.1) is 13.8 Å². The molecule has 8 nitrogen and oxygen atoms in total. The van der Waals surface area contributed by atoms with Gasteiger partial charge in [0.25, 0.3) is 15.9 Å². The van der Waals surface area contributed by atoms with Crippen LogP contribution in [0.5, 0.6) is 5.75 Å². The highest BCUT2D eigenvalue weighted by Gasteiger charge is 2.20. The van der Waals surface area contributed by atoms with Gasteiger partial charge in [0.15, 0.2) is 6.61 Å². The molecular weight excluding hydrogens is 392 g/mol. The number of H-pyrrole nitrogens is 1. The lowest BCUT2D eigenvalue weighted by atomic mass is 10.3. The molecule has 0 aliphatic carbocycles. The predicted octanol–water partition coefficient (Wildman–Crippen LogP) is 2.87. The Bertz CT molecular complexity index is 1070. The van der Waals surface area contributed by atoms with Gasteiger partial charge in [0.1, 0.15) is 5.75 Å². The predicted molar refractivity (Wildman–Crippen MR) is 111 cm³/mol. The molecule has 2 aromatic carbocycles. The van der Waals surface area contributed by atoms with Crippen molar-refractivity contribution in [3.63, 3.8) is 0 Å². The van der Waals surface area contributed by atoms with E-state index in [-0.39, 0.29) is 17.4 Å². The van der Waals surface area contributed by atoms with Crippen molar-refractivity contribution >= 4 is 27.3 Å². The molecule has 2 N–H and O–H groups in total. The SMILES string of the molecule is Cc1n[nH]c(C)c1NC(=O)COc1ccc(N(C)S(=O)(=O)c2ccccc2)cc1. The molecule has 1 aromatic heterocycles. The van der Waals surface area contributed by atoms with Gasteiger partial charge in [0.05, 0.1) is 27.7 Å². The first-order valence-electron chi connectivity index (χ1n) is 8.87. The maximum atomic E-state index is 12.7. The van der Waals surface area contributed by atoms with Crippen molar-refractivity contribution in [3.8, 4) is 5.75 Å². The number of carbonyl (C=O) groups is 1. The quantitative estimate of drug-likeness (QED) is 0.619. The topological polar surface area (TPSA) is 104 Å². The number of anilines is 2. The number of nitrogens with one attached hydrogen (secondary N) is 2. The second-order valence-electron chi connectivity index (χ2n) is 6.43. The molecule has 0 atom stereocenters. The molecule has 9 heteroatoms. The third-order valence-electron chi connectivity index (χ3n) is 4.36. The number of sulfonamides is 1. The number of hydrogen-bond acceptors (Lipinski definition) is 5.